The van der Waals surface area contributed by atoms with Crippen molar-refractivity contribution in [3.05, 3.63) is 53.6 Å². The Labute approximate surface area is 157 Å². The number of amides is 2. The van der Waals surface area contributed by atoms with E-state index in [-0.39, 0.29) is 23.1 Å². The number of carbonyl (C=O) groups is 2. The number of carbonyl (C=O) groups excluding carboxylic acids is 2. The lowest BCUT2D eigenvalue weighted by Crippen LogP contribution is -2.30. The standard InChI is InChI=1S/C20H22N2O3S/c1-12(14-5-8-16(25-4)9-6-14)22(3)20(24)15-7-10-18-17(11-15)21-19(23)13(2)26-18/h5-13H,1-4H3,(H,21,23). The molecule has 0 fully saturated rings. The molecule has 2 unspecified atom stereocenters. The molecule has 5 nitrogen and oxygen atoms in total. The number of nitrogens with zero attached hydrogens (tertiary/aromatic N) is 1. The molecule has 136 valence electrons. The van der Waals surface area contributed by atoms with E-state index in [2.05, 4.69) is 5.32 Å². The number of anilines is 1. The van der Waals surface area contributed by atoms with Gasteiger partial charge in [-0.2, -0.15) is 0 Å². The van der Waals surface area contributed by atoms with Crippen LogP contribution in [0.4, 0.5) is 5.69 Å². The van der Waals surface area contributed by atoms with Gasteiger partial charge in [0.1, 0.15) is 5.75 Å². The maximum absolute atomic E-state index is 12.9. The van der Waals surface area contributed by atoms with Crippen molar-refractivity contribution in [2.75, 3.05) is 19.5 Å². The van der Waals surface area contributed by atoms with E-state index in [0.29, 0.717) is 11.3 Å². The number of ether oxygens (including phenoxy) is 1. The Kier molecular flexibility index (Phi) is 5.23. The summed E-state index contributed by atoms with van der Waals surface area (Å²) in [5.41, 5.74) is 2.29. The molecule has 0 saturated carbocycles. The van der Waals surface area contributed by atoms with Gasteiger partial charge in [0.2, 0.25) is 5.91 Å². The molecule has 1 N–H and O–H groups in total. The first-order valence-electron chi connectivity index (χ1n) is 8.43. The van der Waals surface area contributed by atoms with E-state index in [1.165, 1.54) is 11.8 Å². The molecule has 0 radical (unpaired) electrons. The van der Waals surface area contributed by atoms with Gasteiger partial charge in [0.05, 0.1) is 24.1 Å². The fourth-order valence-electron chi connectivity index (χ4n) is 2.83. The molecule has 0 saturated heterocycles. The molecular formula is C20H22N2O3S. The minimum Gasteiger partial charge on any atom is -0.497 e. The topological polar surface area (TPSA) is 58.6 Å². The van der Waals surface area contributed by atoms with Crippen molar-refractivity contribution in [1.82, 2.24) is 4.90 Å². The maximum Gasteiger partial charge on any atom is 0.254 e. The molecule has 0 aliphatic carbocycles. The molecule has 3 rings (SSSR count). The second-order valence-corrected chi connectivity index (χ2v) is 7.71. The molecule has 2 aromatic rings. The largest absolute Gasteiger partial charge is 0.497 e. The average molecular weight is 370 g/mol. The van der Waals surface area contributed by atoms with Crippen LogP contribution in [-0.2, 0) is 4.79 Å². The van der Waals surface area contributed by atoms with Gasteiger partial charge in [-0.25, -0.2) is 0 Å². The first-order chi connectivity index (χ1) is 12.4. The van der Waals surface area contributed by atoms with Gasteiger partial charge < -0.3 is 15.0 Å². The van der Waals surface area contributed by atoms with Gasteiger partial charge >= 0.3 is 0 Å². The molecular weight excluding hydrogens is 348 g/mol. The smallest absolute Gasteiger partial charge is 0.254 e. The Morgan fingerprint density at radius 3 is 2.58 bits per heavy atom. The number of nitrogens with one attached hydrogen (secondary N) is 1. The quantitative estimate of drug-likeness (QED) is 0.885. The molecule has 0 bridgehead atoms. The molecule has 0 spiro atoms. The average Bonchev–Trinajstić information content (AvgIpc) is 2.67. The van der Waals surface area contributed by atoms with Crippen molar-refractivity contribution in [1.29, 1.82) is 0 Å². The minimum absolute atomic E-state index is 0.0351. The van der Waals surface area contributed by atoms with Crippen LogP contribution in [0.5, 0.6) is 5.75 Å². The molecule has 2 amide bonds. The first-order valence-corrected chi connectivity index (χ1v) is 9.31. The molecule has 2 atom stereocenters. The van der Waals surface area contributed by atoms with E-state index in [9.17, 15) is 9.59 Å². The highest BCUT2D eigenvalue weighted by Gasteiger charge is 2.25. The van der Waals surface area contributed by atoms with E-state index in [1.54, 1.807) is 25.1 Å². The summed E-state index contributed by atoms with van der Waals surface area (Å²) in [6.07, 6.45) is 0. The lowest BCUT2D eigenvalue weighted by Gasteiger charge is -2.27. The molecule has 2 aromatic carbocycles. The van der Waals surface area contributed by atoms with E-state index in [0.717, 1.165) is 16.2 Å². The number of methoxy groups -OCH3 is 1. The predicted molar refractivity (Wildman–Crippen MR) is 104 cm³/mol. The highest BCUT2D eigenvalue weighted by molar-refractivity contribution is 8.00. The highest BCUT2D eigenvalue weighted by Crippen LogP contribution is 2.36. The summed E-state index contributed by atoms with van der Waals surface area (Å²) in [7, 11) is 3.41. The van der Waals surface area contributed by atoms with Crippen molar-refractivity contribution < 1.29 is 14.3 Å². The third-order valence-corrected chi connectivity index (χ3v) is 5.83. The van der Waals surface area contributed by atoms with Crippen molar-refractivity contribution in [3.63, 3.8) is 0 Å². The number of thioether (sulfide) groups is 1. The van der Waals surface area contributed by atoms with Gasteiger partial charge in [-0.15, -0.1) is 11.8 Å². The van der Waals surface area contributed by atoms with E-state index < -0.39 is 0 Å². The van der Waals surface area contributed by atoms with Crippen LogP contribution < -0.4 is 10.1 Å². The van der Waals surface area contributed by atoms with Gasteiger partial charge in [0.15, 0.2) is 0 Å². The predicted octanol–water partition coefficient (Wildman–Crippen LogP) is 3.96. The third kappa shape index (κ3) is 3.55. The van der Waals surface area contributed by atoms with E-state index in [1.807, 2.05) is 50.2 Å². The Morgan fingerprint density at radius 2 is 1.92 bits per heavy atom. The third-order valence-electron chi connectivity index (χ3n) is 4.66. The van der Waals surface area contributed by atoms with Crippen LogP contribution in [-0.4, -0.2) is 36.1 Å². The van der Waals surface area contributed by atoms with Crippen LogP contribution in [0.1, 0.15) is 35.8 Å². The Hall–Kier alpha value is -2.47. The fourth-order valence-corrected chi connectivity index (χ4v) is 3.76. The lowest BCUT2D eigenvalue weighted by molar-refractivity contribution is -0.115. The highest BCUT2D eigenvalue weighted by atomic mass is 32.2. The van der Waals surface area contributed by atoms with Crippen LogP contribution in [0.15, 0.2) is 47.4 Å². The Balaban J connectivity index is 1.79. The van der Waals surface area contributed by atoms with Crippen LogP contribution >= 0.6 is 11.8 Å². The SMILES string of the molecule is COc1ccc(C(C)N(C)C(=O)c2ccc3c(c2)NC(=O)C(C)S3)cc1. The minimum atomic E-state index is -0.123. The summed E-state index contributed by atoms with van der Waals surface area (Å²) in [6.45, 7) is 3.85. The lowest BCUT2D eigenvalue weighted by atomic mass is 10.1. The molecule has 1 aliphatic rings. The summed E-state index contributed by atoms with van der Waals surface area (Å²) < 4.78 is 5.18. The molecule has 6 heteroatoms. The Morgan fingerprint density at radius 1 is 1.23 bits per heavy atom. The van der Waals surface area contributed by atoms with Crippen LogP contribution in [0.25, 0.3) is 0 Å². The summed E-state index contributed by atoms with van der Waals surface area (Å²) in [5, 5.41) is 2.75. The van der Waals surface area contributed by atoms with Gasteiger partial charge in [-0.3, -0.25) is 9.59 Å². The van der Waals surface area contributed by atoms with Crippen molar-refractivity contribution in [3.8, 4) is 5.75 Å². The van der Waals surface area contributed by atoms with Gasteiger partial charge in [-0.05, 0) is 49.7 Å². The monoisotopic (exact) mass is 370 g/mol. The van der Waals surface area contributed by atoms with Gasteiger partial charge in [0.25, 0.3) is 5.91 Å². The van der Waals surface area contributed by atoms with Crippen LogP contribution in [0, 0.1) is 0 Å². The zero-order chi connectivity index (χ0) is 18.8. The van der Waals surface area contributed by atoms with E-state index >= 15 is 0 Å². The zero-order valence-electron chi connectivity index (χ0n) is 15.3. The number of rotatable bonds is 4. The normalized spacial score (nSPS) is 17.1. The molecule has 26 heavy (non-hydrogen) atoms. The first kappa shape index (κ1) is 18.3. The van der Waals surface area contributed by atoms with Crippen LogP contribution in [0.3, 0.4) is 0 Å². The Bertz CT molecular complexity index is 835. The number of hydrogen-bond acceptors (Lipinski definition) is 4. The van der Waals surface area contributed by atoms with Gasteiger partial charge in [-0.1, -0.05) is 12.1 Å². The van der Waals surface area contributed by atoms with Crippen molar-refractivity contribution >= 4 is 29.3 Å². The van der Waals surface area contributed by atoms with Crippen LogP contribution in [0.2, 0.25) is 0 Å². The summed E-state index contributed by atoms with van der Waals surface area (Å²) in [4.78, 5) is 27.5. The second-order valence-electron chi connectivity index (χ2n) is 6.33. The van der Waals surface area contributed by atoms with Gasteiger partial charge in [0, 0.05) is 17.5 Å². The molecule has 1 heterocycles. The zero-order valence-corrected chi connectivity index (χ0v) is 16.1. The summed E-state index contributed by atoms with van der Waals surface area (Å²) in [5.74, 6) is 0.660. The summed E-state index contributed by atoms with van der Waals surface area (Å²) >= 11 is 1.51. The maximum atomic E-state index is 12.9. The van der Waals surface area contributed by atoms with E-state index in [4.69, 9.17) is 4.74 Å². The summed E-state index contributed by atoms with van der Waals surface area (Å²) in [6, 6.07) is 13.1. The van der Waals surface area contributed by atoms with Crippen molar-refractivity contribution in [2.45, 2.75) is 30.0 Å². The second kappa shape index (κ2) is 7.41. The van der Waals surface area contributed by atoms with Crippen molar-refractivity contribution in [2.24, 2.45) is 0 Å². The number of fused-ring (bicyclic) bond motifs is 1. The molecule has 0 aromatic heterocycles. The number of hydrogen-bond donors (Lipinski definition) is 1. The fraction of sp³-hybridized carbons (Fsp3) is 0.300. The molecule has 1 aliphatic heterocycles. The number of benzene rings is 2.